The number of nitrogens with one attached hydrogen (secondary N) is 1. The molecule has 0 aromatic carbocycles. The SMILES string of the molecule is CCCNC(C)C(C)(C)CN(CCOC)CCOC. The number of hydrogen-bond acceptors (Lipinski definition) is 4. The van der Waals surface area contributed by atoms with E-state index in [1.54, 1.807) is 14.2 Å². The van der Waals surface area contributed by atoms with Crippen LogP contribution in [0, 0.1) is 5.41 Å². The summed E-state index contributed by atoms with van der Waals surface area (Å²) in [6, 6.07) is 0.500. The first-order valence-corrected chi connectivity index (χ1v) is 7.41. The second-order valence-electron chi connectivity index (χ2n) is 5.93. The predicted octanol–water partition coefficient (Wildman–Crippen LogP) is 2.00. The topological polar surface area (TPSA) is 33.7 Å². The van der Waals surface area contributed by atoms with Crippen molar-refractivity contribution in [3.05, 3.63) is 0 Å². The largest absolute Gasteiger partial charge is 0.383 e. The Hall–Kier alpha value is -0.160. The average Bonchev–Trinajstić information content (AvgIpc) is 2.38. The van der Waals surface area contributed by atoms with Crippen LogP contribution in [0.1, 0.15) is 34.1 Å². The predicted molar refractivity (Wildman–Crippen MR) is 81.7 cm³/mol. The fourth-order valence-electron chi connectivity index (χ4n) is 2.06. The Kier molecular flexibility index (Phi) is 10.5. The number of nitrogens with zero attached hydrogens (tertiary/aromatic N) is 1. The van der Waals surface area contributed by atoms with E-state index in [0.717, 1.165) is 39.4 Å². The molecule has 0 fully saturated rings. The molecule has 19 heavy (non-hydrogen) atoms. The molecule has 0 bridgehead atoms. The molecule has 1 N–H and O–H groups in total. The van der Waals surface area contributed by atoms with Crippen molar-refractivity contribution in [2.45, 2.75) is 40.2 Å². The van der Waals surface area contributed by atoms with Crippen molar-refractivity contribution in [2.24, 2.45) is 5.41 Å². The third-order valence-corrected chi connectivity index (χ3v) is 3.73. The lowest BCUT2D eigenvalue weighted by atomic mass is 9.84. The highest BCUT2D eigenvalue weighted by atomic mass is 16.5. The molecule has 0 aromatic rings. The van der Waals surface area contributed by atoms with Gasteiger partial charge in [-0.2, -0.15) is 0 Å². The van der Waals surface area contributed by atoms with Crippen molar-refractivity contribution >= 4 is 0 Å². The minimum Gasteiger partial charge on any atom is -0.383 e. The molecule has 0 aliphatic carbocycles. The highest BCUT2D eigenvalue weighted by molar-refractivity contribution is 4.84. The van der Waals surface area contributed by atoms with Crippen LogP contribution in [0.25, 0.3) is 0 Å². The van der Waals surface area contributed by atoms with Gasteiger partial charge >= 0.3 is 0 Å². The van der Waals surface area contributed by atoms with Crippen LogP contribution in [-0.4, -0.2) is 64.6 Å². The first-order valence-electron chi connectivity index (χ1n) is 7.41. The number of hydrogen-bond donors (Lipinski definition) is 1. The molecule has 0 aliphatic rings. The zero-order chi connectivity index (χ0) is 14.7. The lowest BCUT2D eigenvalue weighted by molar-refractivity contribution is 0.0781. The lowest BCUT2D eigenvalue weighted by Crippen LogP contribution is -2.48. The van der Waals surface area contributed by atoms with Crippen molar-refractivity contribution < 1.29 is 9.47 Å². The third kappa shape index (κ3) is 8.58. The Balaban J connectivity index is 4.33. The van der Waals surface area contributed by atoms with Gasteiger partial charge in [0, 0.05) is 39.9 Å². The molecule has 4 heteroatoms. The van der Waals surface area contributed by atoms with Gasteiger partial charge < -0.3 is 14.8 Å². The van der Waals surface area contributed by atoms with Crippen molar-refractivity contribution in [2.75, 3.05) is 53.6 Å². The summed E-state index contributed by atoms with van der Waals surface area (Å²) in [5, 5.41) is 3.60. The maximum absolute atomic E-state index is 5.19. The van der Waals surface area contributed by atoms with Gasteiger partial charge in [0.1, 0.15) is 0 Å². The standard InChI is InChI=1S/C15H34N2O2/c1-7-8-16-14(2)15(3,4)13-17(9-11-18-5)10-12-19-6/h14,16H,7-13H2,1-6H3. The van der Waals surface area contributed by atoms with E-state index in [1.807, 2.05) is 0 Å². The summed E-state index contributed by atoms with van der Waals surface area (Å²) in [7, 11) is 3.51. The highest BCUT2D eigenvalue weighted by Crippen LogP contribution is 2.22. The quantitative estimate of drug-likeness (QED) is 0.590. The minimum absolute atomic E-state index is 0.233. The summed E-state index contributed by atoms with van der Waals surface area (Å²) >= 11 is 0. The summed E-state index contributed by atoms with van der Waals surface area (Å²) in [4.78, 5) is 2.43. The van der Waals surface area contributed by atoms with Gasteiger partial charge in [-0.25, -0.2) is 0 Å². The monoisotopic (exact) mass is 274 g/mol. The van der Waals surface area contributed by atoms with Crippen LogP contribution in [0.4, 0.5) is 0 Å². The molecule has 116 valence electrons. The summed E-state index contributed by atoms with van der Waals surface area (Å²) in [5.41, 5.74) is 0.233. The molecule has 1 atom stereocenters. The summed E-state index contributed by atoms with van der Waals surface area (Å²) in [6.45, 7) is 14.7. The van der Waals surface area contributed by atoms with Gasteiger partial charge in [-0.1, -0.05) is 20.8 Å². The van der Waals surface area contributed by atoms with Gasteiger partial charge in [0.05, 0.1) is 13.2 Å². The van der Waals surface area contributed by atoms with Gasteiger partial charge in [-0.3, -0.25) is 4.90 Å². The second kappa shape index (κ2) is 10.6. The smallest absolute Gasteiger partial charge is 0.0589 e. The maximum atomic E-state index is 5.19. The summed E-state index contributed by atoms with van der Waals surface area (Å²) in [6.07, 6.45) is 1.18. The number of ether oxygens (including phenoxy) is 2. The minimum atomic E-state index is 0.233. The molecule has 0 saturated heterocycles. The second-order valence-corrected chi connectivity index (χ2v) is 5.93. The first-order chi connectivity index (χ1) is 8.97. The van der Waals surface area contributed by atoms with Gasteiger partial charge in [-0.15, -0.1) is 0 Å². The Morgan fingerprint density at radius 1 is 1.11 bits per heavy atom. The summed E-state index contributed by atoms with van der Waals surface area (Å²) < 4.78 is 10.4. The van der Waals surface area contributed by atoms with E-state index < -0.39 is 0 Å². The molecule has 0 radical (unpaired) electrons. The van der Waals surface area contributed by atoms with Gasteiger partial charge in [0.25, 0.3) is 0 Å². The zero-order valence-electron chi connectivity index (χ0n) is 13.8. The Bertz CT molecular complexity index is 202. The van der Waals surface area contributed by atoms with Crippen LogP contribution < -0.4 is 5.32 Å². The number of methoxy groups -OCH3 is 2. The van der Waals surface area contributed by atoms with E-state index in [9.17, 15) is 0 Å². The van der Waals surface area contributed by atoms with Crippen molar-refractivity contribution in [3.8, 4) is 0 Å². The van der Waals surface area contributed by atoms with E-state index in [-0.39, 0.29) is 5.41 Å². The van der Waals surface area contributed by atoms with E-state index >= 15 is 0 Å². The van der Waals surface area contributed by atoms with Crippen LogP contribution in [0.3, 0.4) is 0 Å². The van der Waals surface area contributed by atoms with E-state index in [0.29, 0.717) is 6.04 Å². The van der Waals surface area contributed by atoms with Crippen molar-refractivity contribution in [1.29, 1.82) is 0 Å². The lowest BCUT2D eigenvalue weighted by Gasteiger charge is -2.37. The molecular formula is C15H34N2O2. The third-order valence-electron chi connectivity index (χ3n) is 3.73. The van der Waals surface area contributed by atoms with Gasteiger partial charge in [-0.05, 0) is 25.3 Å². The Labute approximate surface area is 119 Å². The Morgan fingerprint density at radius 3 is 2.05 bits per heavy atom. The molecule has 4 nitrogen and oxygen atoms in total. The van der Waals surface area contributed by atoms with E-state index in [2.05, 4.69) is 37.9 Å². The van der Waals surface area contributed by atoms with Crippen molar-refractivity contribution in [1.82, 2.24) is 10.2 Å². The average molecular weight is 274 g/mol. The van der Waals surface area contributed by atoms with Crippen LogP contribution in [0.5, 0.6) is 0 Å². The van der Waals surface area contributed by atoms with Crippen LogP contribution in [0.15, 0.2) is 0 Å². The molecule has 0 spiro atoms. The molecule has 0 aliphatic heterocycles. The van der Waals surface area contributed by atoms with E-state index in [1.165, 1.54) is 6.42 Å². The maximum Gasteiger partial charge on any atom is 0.0589 e. The molecule has 0 amide bonds. The van der Waals surface area contributed by atoms with E-state index in [4.69, 9.17) is 9.47 Å². The molecule has 0 rings (SSSR count). The zero-order valence-corrected chi connectivity index (χ0v) is 13.8. The van der Waals surface area contributed by atoms with Crippen LogP contribution in [-0.2, 0) is 9.47 Å². The number of rotatable bonds is 12. The van der Waals surface area contributed by atoms with Gasteiger partial charge in [0.2, 0.25) is 0 Å². The first kappa shape index (κ1) is 18.8. The summed E-state index contributed by atoms with van der Waals surface area (Å²) in [5.74, 6) is 0. The fraction of sp³-hybridized carbons (Fsp3) is 1.00. The molecule has 1 unspecified atom stereocenters. The normalized spacial score (nSPS) is 14.1. The van der Waals surface area contributed by atoms with Crippen LogP contribution in [0.2, 0.25) is 0 Å². The highest BCUT2D eigenvalue weighted by Gasteiger charge is 2.27. The fourth-order valence-corrected chi connectivity index (χ4v) is 2.06. The molecule has 0 saturated carbocycles. The van der Waals surface area contributed by atoms with Crippen LogP contribution >= 0.6 is 0 Å². The van der Waals surface area contributed by atoms with Gasteiger partial charge in [0.15, 0.2) is 0 Å². The molecule has 0 aromatic heterocycles. The Morgan fingerprint density at radius 2 is 1.63 bits per heavy atom. The molecule has 0 heterocycles. The molecular weight excluding hydrogens is 240 g/mol. The van der Waals surface area contributed by atoms with Crippen molar-refractivity contribution in [3.63, 3.8) is 0 Å².